The Bertz CT molecular complexity index is 588. The van der Waals surface area contributed by atoms with Gasteiger partial charge in [0.05, 0.1) is 17.2 Å². The summed E-state index contributed by atoms with van der Waals surface area (Å²) < 4.78 is 0. The molecule has 0 radical (unpaired) electrons. The smallest absolute Gasteiger partial charge is 0.147 e. The second kappa shape index (κ2) is 4.94. The lowest BCUT2D eigenvalue weighted by Gasteiger charge is -2.46. The largest absolute Gasteiger partial charge is 0.354 e. The minimum Gasteiger partial charge on any atom is -0.354 e. The van der Waals surface area contributed by atoms with Crippen LogP contribution in [0.2, 0.25) is 0 Å². The first-order valence-corrected chi connectivity index (χ1v) is 6.60. The highest BCUT2D eigenvalue weighted by atomic mass is 35.5. The number of hydrogen-bond donors (Lipinski definition) is 1. The van der Waals surface area contributed by atoms with Crippen molar-refractivity contribution in [3.8, 4) is 0 Å². The number of para-hydroxylation sites is 2. The van der Waals surface area contributed by atoms with Gasteiger partial charge in [0, 0.05) is 19.1 Å². The molecule has 2 aliphatic rings. The molecule has 0 bridgehead atoms. The van der Waals surface area contributed by atoms with Crippen molar-refractivity contribution in [2.45, 2.75) is 12.5 Å². The van der Waals surface area contributed by atoms with Gasteiger partial charge in [0.1, 0.15) is 5.82 Å². The van der Waals surface area contributed by atoms with E-state index in [2.05, 4.69) is 15.2 Å². The fraction of sp³-hybridized carbons (Fsp3) is 0.429. The van der Waals surface area contributed by atoms with Gasteiger partial charge in [0.25, 0.3) is 0 Å². The summed E-state index contributed by atoms with van der Waals surface area (Å²) >= 11 is 0. The first-order valence-electron chi connectivity index (χ1n) is 6.60. The van der Waals surface area contributed by atoms with E-state index in [4.69, 9.17) is 4.98 Å². The van der Waals surface area contributed by atoms with Gasteiger partial charge in [-0.1, -0.05) is 12.1 Å². The first kappa shape index (κ1) is 12.6. The molecule has 19 heavy (non-hydrogen) atoms. The molecule has 100 valence electrons. The summed E-state index contributed by atoms with van der Waals surface area (Å²) in [7, 11) is 0. The van der Waals surface area contributed by atoms with E-state index in [0.717, 1.165) is 35.9 Å². The molecule has 4 rings (SSSR count). The summed E-state index contributed by atoms with van der Waals surface area (Å²) in [4.78, 5) is 11.6. The van der Waals surface area contributed by atoms with Crippen LogP contribution in [-0.4, -0.2) is 35.6 Å². The van der Waals surface area contributed by atoms with Crippen LogP contribution in [0.25, 0.3) is 11.0 Å². The lowest BCUT2D eigenvalue weighted by molar-refractivity contribution is 0.196. The lowest BCUT2D eigenvalue weighted by atomic mass is 9.85. The third-order valence-electron chi connectivity index (χ3n) is 4.16. The summed E-state index contributed by atoms with van der Waals surface area (Å²) in [5, 5.41) is 3.49. The van der Waals surface area contributed by atoms with Crippen molar-refractivity contribution >= 4 is 29.3 Å². The number of nitrogens with one attached hydrogen (secondary N) is 1. The molecule has 1 N–H and O–H groups in total. The number of benzene rings is 1. The van der Waals surface area contributed by atoms with E-state index in [0.29, 0.717) is 6.04 Å². The second-order valence-electron chi connectivity index (χ2n) is 5.23. The molecule has 0 saturated carbocycles. The highest BCUT2D eigenvalue weighted by Crippen LogP contribution is 2.27. The van der Waals surface area contributed by atoms with Gasteiger partial charge in [-0.05, 0) is 31.0 Å². The predicted molar refractivity (Wildman–Crippen MR) is 78.9 cm³/mol. The number of hydrogen-bond acceptors (Lipinski definition) is 4. The van der Waals surface area contributed by atoms with Gasteiger partial charge in [-0.15, -0.1) is 12.4 Å². The summed E-state index contributed by atoms with van der Waals surface area (Å²) in [6.07, 6.45) is 3.17. The van der Waals surface area contributed by atoms with Crippen molar-refractivity contribution in [2.24, 2.45) is 5.92 Å². The molecule has 0 aliphatic carbocycles. The van der Waals surface area contributed by atoms with Gasteiger partial charge < -0.3 is 10.2 Å². The molecule has 4 nitrogen and oxygen atoms in total. The van der Waals surface area contributed by atoms with Gasteiger partial charge in [-0.2, -0.15) is 0 Å². The fourth-order valence-corrected chi connectivity index (χ4v) is 2.93. The third-order valence-corrected chi connectivity index (χ3v) is 4.16. The molecule has 3 heterocycles. The van der Waals surface area contributed by atoms with Crippen molar-refractivity contribution in [1.29, 1.82) is 0 Å². The maximum Gasteiger partial charge on any atom is 0.147 e. The van der Waals surface area contributed by atoms with Crippen LogP contribution in [0.3, 0.4) is 0 Å². The average molecular weight is 277 g/mol. The van der Waals surface area contributed by atoms with Gasteiger partial charge in [-0.3, -0.25) is 4.98 Å². The van der Waals surface area contributed by atoms with Crippen LogP contribution in [-0.2, 0) is 0 Å². The molecule has 1 aromatic carbocycles. The zero-order valence-corrected chi connectivity index (χ0v) is 11.4. The second-order valence-corrected chi connectivity index (χ2v) is 5.23. The van der Waals surface area contributed by atoms with E-state index in [1.165, 1.54) is 13.0 Å². The average Bonchev–Trinajstić information content (AvgIpc) is 2.40. The van der Waals surface area contributed by atoms with E-state index in [9.17, 15) is 0 Å². The zero-order chi connectivity index (χ0) is 11.9. The van der Waals surface area contributed by atoms with Crippen molar-refractivity contribution in [2.75, 3.05) is 24.5 Å². The molecule has 2 saturated heterocycles. The molecular weight excluding hydrogens is 260 g/mol. The molecule has 5 heteroatoms. The fourth-order valence-electron chi connectivity index (χ4n) is 2.93. The number of aromatic nitrogens is 2. The van der Waals surface area contributed by atoms with Crippen molar-refractivity contribution < 1.29 is 0 Å². The number of anilines is 1. The van der Waals surface area contributed by atoms with E-state index in [1.807, 2.05) is 30.5 Å². The highest BCUT2D eigenvalue weighted by Gasteiger charge is 2.35. The quantitative estimate of drug-likeness (QED) is 0.863. The maximum atomic E-state index is 4.72. The molecule has 1 aromatic heterocycles. The molecule has 2 atom stereocenters. The van der Waals surface area contributed by atoms with Crippen molar-refractivity contribution in [3.63, 3.8) is 0 Å². The number of piperidine rings is 1. The number of fused-ring (bicyclic) bond motifs is 2. The summed E-state index contributed by atoms with van der Waals surface area (Å²) in [6, 6.07) is 8.71. The molecule has 2 aromatic rings. The molecule has 0 spiro atoms. The van der Waals surface area contributed by atoms with Gasteiger partial charge >= 0.3 is 0 Å². The van der Waals surface area contributed by atoms with Crippen molar-refractivity contribution in [3.05, 3.63) is 30.5 Å². The summed E-state index contributed by atoms with van der Waals surface area (Å²) in [5.74, 6) is 1.90. The highest BCUT2D eigenvalue weighted by molar-refractivity contribution is 5.85. The van der Waals surface area contributed by atoms with Gasteiger partial charge in [0.15, 0.2) is 0 Å². The Hall–Kier alpha value is -1.39. The van der Waals surface area contributed by atoms with Crippen LogP contribution < -0.4 is 10.2 Å². The van der Waals surface area contributed by atoms with Crippen molar-refractivity contribution in [1.82, 2.24) is 15.3 Å². The minimum atomic E-state index is 0. The Balaban J connectivity index is 0.00000110. The number of nitrogens with zero attached hydrogens (tertiary/aromatic N) is 3. The normalized spacial score (nSPS) is 25.4. The van der Waals surface area contributed by atoms with Crippen LogP contribution in [0.4, 0.5) is 5.82 Å². The van der Waals surface area contributed by atoms with Crippen LogP contribution in [0, 0.1) is 5.92 Å². The Morgan fingerprint density at radius 3 is 2.79 bits per heavy atom. The minimum absolute atomic E-state index is 0. The van der Waals surface area contributed by atoms with Crippen LogP contribution >= 0.6 is 12.4 Å². The Kier molecular flexibility index (Phi) is 3.29. The van der Waals surface area contributed by atoms with Crippen LogP contribution in [0.15, 0.2) is 30.5 Å². The van der Waals surface area contributed by atoms with E-state index in [-0.39, 0.29) is 12.4 Å². The Morgan fingerprint density at radius 2 is 2.05 bits per heavy atom. The van der Waals surface area contributed by atoms with Gasteiger partial charge in [0.2, 0.25) is 0 Å². The molecule has 0 unspecified atom stereocenters. The predicted octanol–water partition coefficient (Wildman–Crippen LogP) is 1.85. The Labute approximate surface area is 118 Å². The topological polar surface area (TPSA) is 41.1 Å². The van der Waals surface area contributed by atoms with Gasteiger partial charge in [-0.25, -0.2) is 4.98 Å². The van der Waals surface area contributed by atoms with E-state index < -0.39 is 0 Å². The van der Waals surface area contributed by atoms with E-state index >= 15 is 0 Å². The van der Waals surface area contributed by atoms with Crippen LogP contribution in [0.1, 0.15) is 6.42 Å². The lowest BCUT2D eigenvalue weighted by Crippen LogP contribution is -2.62. The maximum absolute atomic E-state index is 4.72. The zero-order valence-electron chi connectivity index (χ0n) is 10.6. The first-order chi connectivity index (χ1) is 8.90. The standard InChI is InChI=1S/C14H16N4.ClH/c1-2-4-12-11(3-1)16-8-14(17-12)18-6-5-10-7-15-13(10)9-18;/h1-4,8,10,13,15H,5-7,9H2;1H/t10-,13-;/m1./s1. The van der Waals surface area contributed by atoms with Crippen LogP contribution in [0.5, 0.6) is 0 Å². The molecule has 2 fully saturated rings. The number of rotatable bonds is 1. The molecular formula is C14H17ClN4. The SMILES string of the molecule is Cl.c1ccc2nc(N3CC[C@@H]4CN[C@@H]4C3)cnc2c1. The van der Waals surface area contributed by atoms with E-state index in [1.54, 1.807) is 0 Å². The molecule has 2 aliphatic heterocycles. The molecule has 0 amide bonds. The Morgan fingerprint density at radius 1 is 1.21 bits per heavy atom. The monoisotopic (exact) mass is 276 g/mol. The number of halogens is 1. The summed E-state index contributed by atoms with van der Waals surface area (Å²) in [5.41, 5.74) is 1.96. The third kappa shape index (κ3) is 2.15. The summed E-state index contributed by atoms with van der Waals surface area (Å²) in [6.45, 7) is 3.37.